The maximum Gasteiger partial charge on any atom is 0.410 e. The lowest BCUT2D eigenvalue weighted by molar-refractivity contribution is -0.141. The molecule has 2 heterocycles. The summed E-state index contributed by atoms with van der Waals surface area (Å²) in [5.74, 6) is -1.34. The Kier molecular flexibility index (Phi) is 12.1. The SMILES string of the molecule is CC(C(=O)NC(C(=O)N1CCCC1CN(CCc1ccc(F)cc1)C(=O)c1cn(-c2ccccc2)cn1)C(C)(C)C)N(C)C(=O)OC(C)(C)C. The molecule has 1 saturated heterocycles. The second kappa shape index (κ2) is 15.9. The summed E-state index contributed by atoms with van der Waals surface area (Å²) in [7, 11) is 1.49. The first-order chi connectivity index (χ1) is 23.4. The lowest BCUT2D eigenvalue weighted by Gasteiger charge is -2.38. The van der Waals surface area contributed by atoms with Crippen molar-refractivity contribution in [3.63, 3.8) is 0 Å². The fraction of sp³-hybridized carbons (Fsp3) is 0.500. The van der Waals surface area contributed by atoms with Crippen LogP contribution in [0.25, 0.3) is 5.69 Å². The van der Waals surface area contributed by atoms with Gasteiger partial charge in [0.25, 0.3) is 5.91 Å². The zero-order valence-corrected chi connectivity index (χ0v) is 30.5. The van der Waals surface area contributed by atoms with Crippen LogP contribution in [0.4, 0.5) is 9.18 Å². The molecule has 0 radical (unpaired) electrons. The minimum Gasteiger partial charge on any atom is -0.444 e. The van der Waals surface area contributed by atoms with Crippen LogP contribution < -0.4 is 5.32 Å². The number of para-hydroxylation sites is 1. The number of aromatic nitrogens is 2. The average molecular weight is 691 g/mol. The van der Waals surface area contributed by atoms with E-state index in [9.17, 15) is 23.6 Å². The van der Waals surface area contributed by atoms with E-state index in [-0.39, 0.29) is 35.9 Å². The van der Waals surface area contributed by atoms with E-state index >= 15 is 0 Å². The highest BCUT2D eigenvalue weighted by Gasteiger charge is 2.41. The molecule has 2 aromatic carbocycles. The number of amides is 4. The third-order valence-corrected chi connectivity index (χ3v) is 8.86. The highest BCUT2D eigenvalue weighted by Crippen LogP contribution is 2.27. The number of hydrogen-bond donors (Lipinski definition) is 1. The van der Waals surface area contributed by atoms with Gasteiger partial charge in [-0.25, -0.2) is 14.2 Å². The summed E-state index contributed by atoms with van der Waals surface area (Å²) in [4.78, 5) is 63.6. The van der Waals surface area contributed by atoms with Crippen LogP contribution in [0.3, 0.4) is 0 Å². The van der Waals surface area contributed by atoms with E-state index in [1.807, 2.05) is 51.1 Å². The Balaban J connectivity index is 1.53. The van der Waals surface area contributed by atoms with E-state index in [0.29, 0.717) is 25.9 Å². The molecule has 3 aromatic rings. The Hall–Kier alpha value is -4.74. The molecular formula is C38H51FN6O5. The van der Waals surface area contributed by atoms with Gasteiger partial charge in [0, 0.05) is 44.6 Å². The number of hydrogen-bond acceptors (Lipinski definition) is 6. The molecule has 1 N–H and O–H groups in total. The van der Waals surface area contributed by atoms with Gasteiger partial charge < -0.3 is 24.4 Å². The van der Waals surface area contributed by atoms with Gasteiger partial charge in [0.2, 0.25) is 11.8 Å². The van der Waals surface area contributed by atoms with Gasteiger partial charge in [-0.1, -0.05) is 51.1 Å². The number of benzene rings is 2. The summed E-state index contributed by atoms with van der Waals surface area (Å²) < 4.78 is 20.8. The minimum absolute atomic E-state index is 0.250. The number of likely N-dealkylation sites (N-methyl/N-ethyl adjacent to an activating group) is 1. The van der Waals surface area contributed by atoms with Crippen molar-refractivity contribution < 1.29 is 28.3 Å². The minimum atomic E-state index is -0.896. The first-order valence-electron chi connectivity index (χ1n) is 17.1. The van der Waals surface area contributed by atoms with Crippen LogP contribution in [-0.2, 0) is 20.7 Å². The van der Waals surface area contributed by atoms with Crippen molar-refractivity contribution in [2.75, 3.05) is 26.7 Å². The van der Waals surface area contributed by atoms with E-state index in [1.54, 1.807) is 66.7 Å². The van der Waals surface area contributed by atoms with Gasteiger partial charge >= 0.3 is 6.09 Å². The van der Waals surface area contributed by atoms with E-state index in [2.05, 4.69) is 10.3 Å². The van der Waals surface area contributed by atoms with Crippen LogP contribution in [0.2, 0.25) is 0 Å². The summed E-state index contributed by atoms with van der Waals surface area (Å²) in [5, 5.41) is 2.92. The van der Waals surface area contributed by atoms with Gasteiger partial charge in [-0.15, -0.1) is 0 Å². The Bertz CT molecular complexity index is 1630. The van der Waals surface area contributed by atoms with Crippen LogP contribution in [0.1, 0.15) is 77.4 Å². The first kappa shape index (κ1) is 38.1. The molecule has 12 heteroatoms. The number of likely N-dealkylation sites (tertiary alicyclic amines) is 1. The lowest BCUT2D eigenvalue weighted by atomic mass is 9.85. The molecular weight excluding hydrogens is 639 g/mol. The molecule has 4 rings (SSSR count). The van der Waals surface area contributed by atoms with Gasteiger partial charge in [0.15, 0.2) is 0 Å². The largest absolute Gasteiger partial charge is 0.444 e. The number of imidazole rings is 1. The normalized spacial score (nSPS) is 16.0. The number of halogens is 1. The van der Waals surface area contributed by atoms with Crippen LogP contribution in [0, 0.1) is 11.2 Å². The van der Waals surface area contributed by atoms with Crippen LogP contribution >= 0.6 is 0 Å². The summed E-state index contributed by atoms with van der Waals surface area (Å²) in [6, 6.07) is 13.7. The molecule has 0 bridgehead atoms. The fourth-order valence-corrected chi connectivity index (χ4v) is 5.84. The van der Waals surface area contributed by atoms with Crippen molar-refractivity contribution in [2.45, 2.75) is 91.5 Å². The second-order valence-corrected chi connectivity index (χ2v) is 15.0. The predicted octanol–water partition coefficient (Wildman–Crippen LogP) is 5.47. The zero-order chi connectivity index (χ0) is 36.8. The third kappa shape index (κ3) is 9.92. The van der Waals surface area contributed by atoms with Crippen LogP contribution in [0.15, 0.2) is 67.1 Å². The monoisotopic (exact) mass is 690 g/mol. The van der Waals surface area contributed by atoms with Gasteiger partial charge in [-0.3, -0.25) is 19.3 Å². The maximum absolute atomic E-state index is 14.3. The molecule has 50 heavy (non-hydrogen) atoms. The van der Waals surface area contributed by atoms with Gasteiger partial charge in [-0.2, -0.15) is 0 Å². The number of carbonyl (C=O) groups is 4. The van der Waals surface area contributed by atoms with Crippen LogP contribution in [0.5, 0.6) is 0 Å². The lowest BCUT2D eigenvalue weighted by Crippen LogP contribution is -2.59. The molecule has 1 fully saturated rings. The average Bonchev–Trinajstić information content (AvgIpc) is 3.74. The summed E-state index contributed by atoms with van der Waals surface area (Å²) in [6.07, 6.45) is 4.55. The van der Waals surface area contributed by atoms with E-state index in [0.717, 1.165) is 17.7 Å². The number of nitrogens with zero attached hydrogens (tertiary/aromatic N) is 5. The van der Waals surface area contributed by atoms with Crippen molar-refractivity contribution in [2.24, 2.45) is 5.41 Å². The van der Waals surface area contributed by atoms with Crippen molar-refractivity contribution in [3.8, 4) is 5.69 Å². The molecule has 11 nitrogen and oxygen atoms in total. The Morgan fingerprint density at radius 1 is 1.02 bits per heavy atom. The number of nitrogens with one attached hydrogen (secondary N) is 1. The molecule has 270 valence electrons. The molecule has 1 aliphatic rings. The van der Waals surface area contributed by atoms with Gasteiger partial charge in [-0.05, 0) is 82.2 Å². The summed E-state index contributed by atoms with van der Waals surface area (Å²) in [6.45, 7) is 13.5. The zero-order valence-electron chi connectivity index (χ0n) is 30.5. The quantitative estimate of drug-likeness (QED) is 0.285. The predicted molar refractivity (Wildman–Crippen MR) is 189 cm³/mol. The molecule has 1 aliphatic heterocycles. The van der Waals surface area contributed by atoms with E-state index in [1.165, 1.54) is 24.1 Å². The Labute approximate surface area is 294 Å². The van der Waals surface area contributed by atoms with Crippen molar-refractivity contribution in [1.29, 1.82) is 0 Å². The van der Waals surface area contributed by atoms with Gasteiger partial charge in [0.1, 0.15) is 35.5 Å². The fourth-order valence-electron chi connectivity index (χ4n) is 5.84. The van der Waals surface area contributed by atoms with Gasteiger partial charge in [0.05, 0.1) is 0 Å². The Morgan fingerprint density at radius 3 is 2.30 bits per heavy atom. The van der Waals surface area contributed by atoms with Crippen molar-refractivity contribution >= 4 is 23.8 Å². The van der Waals surface area contributed by atoms with Crippen LogP contribution in [-0.4, -0.2) is 98.5 Å². The summed E-state index contributed by atoms with van der Waals surface area (Å²) >= 11 is 0. The highest BCUT2D eigenvalue weighted by atomic mass is 19.1. The first-order valence-corrected chi connectivity index (χ1v) is 17.1. The molecule has 1 aromatic heterocycles. The Morgan fingerprint density at radius 2 is 1.68 bits per heavy atom. The number of ether oxygens (including phenoxy) is 1. The topological polar surface area (TPSA) is 117 Å². The third-order valence-electron chi connectivity index (χ3n) is 8.86. The smallest absolute Gasteiger partial charge is 0.410 e. The maximum atomic E-state index is 14.3. The second-order valence-electron chi connectivity index (χ2n) is 15.0. The summed E-state index contributed by atoms with van der Waals surface area (Å²) in [5.41, 5.74) is 0.622. The number of rotatable bonds is 11. The molecule has 0 aliphatic carbocycles. The number of carbonyl (C=O) groups excluding carboxylic acids is 4. The highest BCUT2D eigenvalue weighted by molar-refractivity contribution is 5.93. The van der Waals surface area contributed by atoms with E-state index < -0.39 is 35.1 Å². The molecule has 3 atom stereocenters. The van der Waals surface area contributed by atoms with Crippen molar-refractivity contribution in [3.05, 3.63) is 84.2 Å². The van der Waals surface area contributed by atoms with Crippen molar-refractivity contribution in [1.82, 2.24) is 29.6 Å². The molecule has 3 unspecified atom stereocenters. The molecule has 0 spiro atoms. The molecule has 4 amide bonds. The van der Waals surface area contributed by atoms with E-state index in [4.69, 9.17) is 4.74 Å². The molecule has 0 saturated carbocycles. The standard InChI is InChI=1S/C38H51FN6O5/c1-26(42(8)36(49)50-38(5,6)7)33(46)41-32(37(2,3)4)35(48)45-21-12-15-30(45)23-43(22-20-27-16-18-28(39)19-17-27)34(47)31-24-44(25-40-31)29-13-10-9-11-14-29/h9-11,13-14,16-19,24-26,30,32H,12,15,20-23H2,1-8H3,(H,41,46).